The molecule has 0 N–H and O–H groups in total. The van der Waals surface area contributed by atoms with E-state index in [1.54, 1.807) is 12.1 Å². The maximum Gasteiger partial charge on any atom is 0.371 e. The summed E-state index contributed by atoms with van der Waals surface area (Å²) in [4.78, 5) is 54.1. The van der Waals surface area contributed by atoms with Gasteiger partial charge in [-0.1, -0.05) is 17.2 Å². The summed E-state index contributed by atoms with van der Waals surface area (Å²) in [6, 6.07) is 6.11. The van der Waals surface area contributed by atoms with Crippen molar-refractivity contribution in [3.63, 3.8) is 0 Å². The molecule has 114 valence electrons. The number of morpholine rings is 1. The molecule has 1 saturated heterocycles. The average molecular weight is 304 g/mol. The van der Waals surface area contributed by atoms with Crippen molar-refractivity contribution < 1.29 is 28.8 Å². The van der Waals surface area contributed by atoms with Gasteiger partial charge in [-0.05, 0) is 12.1 Å². The van der Waals surface area contributed by atoms with Gasteiger partial charge in [-0.25, -0.2) is 4.79 Å². The first-order valence-corrected chi connectivity index (χ1v) is 6.57. The molecule has 3 rings (SSSR count). The zero-order chi connectivity index (χ0) is 15.9. The SMILES string of the molecule is CN1CCOC(C(=O)ON2C(=O)c3ccccc3C2=O)C1=O. The number of hydrogen-bond acceptors (Lipinski definition) is 6. The molecule has 1 fully saturated rings. The first-order chi connectivity index (χ1) is 10.5. The van der Waals surface area contributed by atoms with Gasteiger partial charge in [0.05, 0.1) is 17.7 Å². The van der Waals surface area contributed by atoms with E-state index in [1.165, 1.54) is 24.1 Å². The highest BCUT2D eigenvalue weighted by Crippen LogP contribution is 2.23. The third-order valence-electron chi connectivity index (χ3n) is 3.46. The minimum Gasteiger partial charge on any atom is -0.356 e. The number of fused-ring (bicyclic) bond motifs is 1. The van der Waals surface area contributed by atoms with Gasteiger partial charge in [-0.3, -0.25) is 14.4 Å². The summed E-state index contributed by atoms with van der Waals surface area (Å²) >= 11 is 0. The number of likely N-dealkylation sites (N-methyl/N-ethyl adjacent to an activating group) is 1. The fourth-order valence-electron chi connectivity index (χ4n) is 2.25. The van der Waals surface area contributed by atoms with Crippen LogP contribution in [0.4, 0.5) is 0 Å². The number of rotatable bonds is 2. The molecule has 0 bridgehead atoms. The van der Waals surface area contributed by atoms with Crippen LogP contribution in [0.5, 0.6) is 0 Å². The van der Waals surface area contributed by atoms with Gasteiger partial charge >= 0.3 is 5.97 Å². The van der Waals surface area contributed by atoms with E-state index in [-0.39, 0.29) is 17.7 Å². The Bertz CT molecular complexity index is 651. The number of benzene rings is 1. The molecular weight excluding hydrogens is 292 g/mol. The molecule has 0 spiro atoms. The number of ether oxygens (including phenoxy) is 1. The van der Waals surface area contributed by atoms with Crippen molar-refractivity contribution in [3.05, 3.63) is 35.4 Å². The normalized spacial score (nSPS) is 21.1. The first kappa shape index (κ1) is 14.2. The Morgan fingerprint density at radius 2 is 1.77 bits per heavy atom. The van der Waals surface area contributed by atoms with Crippen LogP contribution < -0.4 is 0 Å². The van der Waals surface area contributed by atoms with Crippen molar-refractivity contribution in [3.8, 4) is 0 Å². The number of carbonyl (C=O) groups excluding carboxylic acids is 4. The van der Waals surface area contributed by atoms with Crippen LogP contribution in [0.3, 0.4) is 0 Å². The summed E-state index contributed by atoms with van der Waals surface area (Å²) in [5, 5.41) is 0.359. The monoisotopic (exact) mass is 304 g/mol. The third-order valence-corrected chi connectivity index (χ3v) is 3.46. The molecule has 1 aromatic carbocycles. The highest BCUT2D eigenvalue weighted by atomic mass is 16.7. The van der Waals surface area contributed by atoms with Crippen molar-refractivity contribution in [2.75, 3.05) is 20.2 Å². The van der Waals surface area contributed by atoms with Gasteiger partial charge in [0.25, 0.3) is 17.7 Å². The number of carbonyl (C=O) groups is 4. The molecule has 1 unspecified atom stereocenters. The summed E-state index contributed by atoms with van der Waals surface area (Å²) in [5.74, 6) is -3.16. The predicted molar refractivity (Wildman–Crippen MR) is 70.4 cm³/mol. The Hall–Kier alpha value is -2.74. The number of hydrogen-bond donors (Lipinski definition) is 0. The molecule has 22 heavy (non-hydrogen) atoms. The minimum absolute atomic E-state index is 0.147. The number of nitrogens with zero attached hydrogens (tertiary/aromatic N) is 2. The fourth-order valence-corrected chi connectivity index (χ4v) is 2.25. The van der Waals surface area contributed by atoms with Gasteiger partial charge in [0, 0.05) is 13.6 Å². The molecule has 0 aliphatic carbocycles. The number of amides is 3. The highest BCUT2D eigenvalue weighted by molar-refractivity contribution is 6.21. The quantitative estimate of drug-likeness (QED) is 0.545. The molecule has 0 aromatic heterocycles. The predicted octanol–water partition coefficient (Wildman–Crippen LogP) is -0.402. The maximum absolute atomic E-state index is 12.1. The second kappa shape index (κ2) is 5.23. The van der Waals surface area contributed by atoms with E-state index in [0.717, 1.165) is 0 Å². The van der Waals surface area contributed by atoms with E-state index in [4.69, 9.17) is 9.57 Å². The zero-order valence-corrected chi connectivity index (χ0v) is 11.6. The lowest BCUT2D eigenvalue weighted by Crippen LogP contribution is -2.51. The molecule has 8 heteroatoms. The Kier molecular flexibility index (Phi) is 3.38. The van der Waals surface area contributed by atoms with Crippen molar-refractivity contribution in [1.29, 1.82) is 0 Å². The van der Waals surface area contributed by atoms with Crippen molar-refractivity contribution in [1.82, 2.24) is 9.96 Å². The highest BCUT2D eigenvalue weighted by Gasteiger charge is 2.42. The van der Waals surface area contributed by atoms with Crippen LogP contribution in [0.15, 0.2) is 24.3 Å². The average Bonchev–Trinajstić information content (AvgIpc) is 2.75. The molecule has 2 aliphatic rings. The second-order valence-electron chi connectivity index (χ2n) is 4.87. The fraction of sp³-hybridized carbons (Fsp3) is 0.286. The molecule has 1 aromatic rings. The first-order valence-electron chi connectivity index (χ1n) is 6.57. The van der Waals surface area contributed by atoms with Gasteiger partial charge < -0.3 is 14.5 Å². The standard InChI is InChI=1S/C14H12N2O6/c1-15-6-7-21-10(13(15)19)14(20)22-16-11(17)8-4-2-3-5-9(8)12(16)18/h2-5,10H,6-7H2,1H3. The lowest BCUT2D eigenvalue weighted by atomic mass is 10.1. The molecule has 3 amide bonds. The summed E-state index contributed by atoms with van der Waals surface area (Å²) in [7, 11) is 1.52. The van der Waals surface area contributed by atoms with E-state index in [0.29, 0.717) is 11.6 Å². The number of hydroxylamine groups is 2. The van der Waals surface area contributed by atoms with Gasteiger partial charge in [-0.15, -0.1) is 0 Å². The molecule has 0 radical (unpaired) electrons. The Morgan fingerprint density at radius 3 is 2.36 bits per heavy atom. The van der Waals surface area contributed by atoms with Crippen molar-refractivity contribution >= 4 is 23.7 Å². The van der Waals surface area contributed by atoms with Gasteiger partial charge in [0.1, 0.15) is 0 Å². The van der Waals surface area contributed by atoms with E-state index in [1.807, 2.05) is 0 Å². The smallest absolute Gasteiger partial charge is 0.356 e. The van der Waals surface area contributed by atoms with E-state index in [9.17, 15) is 19.2 Å². The Labute approximate surface area is 125 Å². The molecule has 1 atom stereocenters. The van der Waals surface area contributed by atoms with Crippen LogP contribution in [-0.4, -0.2) is 60.0 Å². The molecule has 0 saturated carbocycles. The van der Waals surface area contributed by atoms with Crippen LogP contribution in [-0.2, 0) is 19.2 Å². The van der Waals surface area contributed by atoms with Crippen LogP contribution in [0.1, 0.15) is 20.7 Å². The van der Waals surface area contributed by atoms with E-state index >= 15 is 0 Å². The zero-order valence-electron chi connectivity index (χ0n) is 11.6. The van der Waals surface area contributed by atoms with Gasteiger partial charge in [-0.2, -0.15) is 0 Å². The maximum atomic E-state index is 12.1. The molecule has 2 aliphatic heterocycles. The summed E-state index contributed by atoms with van der Waals surface area (Å²) in [6.45, 7) is 0.528. The molecule has 2 heterocycles. The van der Waals surface area contributed by atoms with Crippen LogP contribution in [0.2, 0.25) is 0 Å². The van der Waals surface area contributed by atoms with Crippen LogP contribution in [0, 0.1) is 0 Å². The van der Waals surface area contributed by atoms with Crippen molar-refractivity contribution in [2.45, 2.75) is 6.10 Å². The van der Waals surface area contributed by atoms with Crippen LogP contribution in [0.25, 0.3) is 0 Å². The minimum atomic E-state index is -1.47. The molecular formula is C14H12N2O6. The summed E-state index contributed by atoms with van der Waals surface area (Å²) in [6.07, 6.45) is -1.47. The third kappa shape index (κ3) is 2.13. The van der Waals surface area contributed by atoms with E-state index in [2.05, 4.69) is 0 Å². The van der Waals surface area contributed by atoms with E-state index < -0.39 is 29.8 Å². The lowest BCUT2D eigenvalue weighted by molar-refractivity contribution is -0.189. The molecule has 8 nitrogen and oxygen atoms in total. The Balaban J connectivity index is 1.77. The largest absolute Gasteiger partial charge is 0.371 e. The van der Waals surface area contributed by atoms with Gasteiger partial charge in [0.15, 0.2) is 0 Å². The summed E-state index contributed by atoms with van der Waals surface area (Å²) in [5.41, 5.74) is 0.293. The Morgan fingerprint density at radius 1 is 1.18 bits per heavy atom. The second-order valence-corrected chi connectivity index (χ2v) is 4.87. The number of imide groups is 1. The van der Waals surface area contributed by atoms with Crippen LogP contribution >= 0.6 is 0 Å². The topological polar surface area (TPSA) is 93.2 Å². The van der Waals surface area contributed by atoms with Gasteiger partial charge in [0.2, 0.25) is 6.10 Å². The summed E-state index contributed by atoms with van der Waals surface area (Å²) < 4.78 is 5.07. The lowest BCUT2D eigenvalue weighted by Gasteiger charge is -2.28. The van der Waals surface area contributed by atoms with Crippen molar-refractivity contribution in [2.24, 2.45) is 0 Å².